The van der Waals surface area contributed by atoms with E-state index >= 15 is 0 Å². The number of hydrogen-bond donors (Lipinski definition) is 2. The molecule has 2 nitrogen and oxygen atoms in total. The topological polar surface area (TPSA) is 52.0 Å². The molecular weight excluding hydrogens is 172 g/mol. The van der Waals surface area contributed by atoms with Crippen LogP contribution >= 0.6 is 0 Å². The van der Waals surface area contributed by atoms with Crippen molar-refractivity contribution in [2.45, 2.75) is 57.5 Å². The fraction of sp³-hybridized carbons (Fsp3) is 1.00. The third-order valence-electron chi connectivity index (χ3n) is 4.49. The van der Waals surface area contributed by atoms with Gasteiger partial charge in [0.15, 0.2) is 0 Å². The van der Waals surface area contributed by atoms with Gasteiger partial charge in [0.2, 0.25) is 0 Å². The smallest absolute Gasteiger partial charge is 0.00699 e. The summed E-state index contributed by atoms with van der Waals surface area (Å²) >= 11 is 0. The molecule has 0 heterocycles. The molecule has 5 unspecified atom stereocenters. The summed E-state index contributed by atoms with van der Waals surface area (Å²) in [7, 11) is 0. The summed E-state index contributed by atoms with van der Waals surface area (Å²) in [6, 6.07) is 0.943. The van der Waals surface area contributed by atoms with Crippen molar-refractivity contribution in [2.75, 3.05) is 0 Å². The number of nitrogens with two attached hydrogens (primary N) is 2. The van der Waals surface area contributed by atoms with Crippen LogP contribution in [0.15, 0.2) is 0 Å². The SMILES string of the molecule is CCC1CC2CC(N)CCC2CC1N. The molecule has 0 aromatic heterocycles. The minimum atomic E-state index is 0.468. The molecule has 0 aromatic carbocycles. The van der Waals surface area contributed by atoms with Crippen LogP contribution in [0.2, 0.25) is 0 Å². The summed E-state index contributed by atoms with van der Waals surface area (Å²) < 4.78 is 0. The molecule has 2 fully saturated rings. The molecule has 82 valence electrons. The highest BCUT2D eigenvalue weighted by molar-refractivity contribution is 4.91. The highest BCUT2D eigenvalue weighted by atomic mass is 14.7. The van der Waals surface area contributed by atoms with Crippen molar-refractivity contribution in [1.29, 1.82) is 0 Å². The molecule has 0 aliphatic heterocycles. The van der Waals surface area contributed by atoms with Crippen LogP contribution in [0.25, 0.3) is 0 Å². The third kappa shape index (κ3) is 1.96. The van der Waals surface area contributed by atoms with Gasteiger partial charge in [-0.15, -0.1) is 0 Å². The van der Waals surface area contributed by atoms with Crippen LogP contribution in [0.1, 0.15) is 45.4 Å². The lowest BCUT2D eigenvalue weighted by Crippen LogP contribution is -2.44. The Hall–Kier alpha value is -0.0800. The molecule has 2 aliphatic rings. The Kier molecular flexibility index (Phi) is 3.13. The Morgan fingerprint density at radius 3 is 2.50 bits per heavy atom. The minimum absolute atomic E-state index is 0.468. The predicted molar refractivity (Wildman–Crippen MR) is 59.8 cm³/mol. The molecule has 2 heteroatoms. The molecule has 0 saturated heterocycles. The Morgan fingerprint density at radius 1 is 1.00 bits per heavy atom. The van der Waals surface area contributed by atoms with Crippen molar-refractivity contribution in [2.24, 2.45) is 29.2 Å². The molecule has 0 bridgehead atoms. The Bertz CT molecular complexity index is 193. The van der Waals surface area contributed by atoms with E-state index in [-0.39, 0.29) is 0 Å². The fourth-order valence-corrected chi connectivity index (χ4v) is 3.54. The quantitative estimate of drug-likeness (QED) is 0.673. The van der Waals surface area contributed by atoms with Gasteiger partial charge in [-0.3, -0.25) is 0 Å². The highest BCUT2D eigenvalue weighted by Crippen LogP contribution is 2.42. The van der Waals surface area contributed by atoms with Crippen LogP contribution in [0.4, 0.5) is 0 Å². The van der Waals surface area contributed by atoms with Crippen LogP contribution in [0, 0.1) is 17.8 Å². The van der Waals surface area contributed by atoms with Gasteiger partial charge in [0.05, 0.1) is 0 Å². The number of fused-ring (bicyclic) bond motifs is 1. The Labute approximate surface area is 87.4 Å². The van der Waals surface area contributed by atoms with Crippen molar-refractivity contribution < 1.29 is 0 Å². The van der Waals surface area contributed by atoms with Crippen molar-refractivity contribution in [1.82, 2.24) is 0 Å². The van der Waals surface area contributed by atoms with Crippen LogP contribution in [-0.4, -0.2) is 12.1 Å². The first-order valence-corrected chi connectivity index (χ1v) is 6.21. The van der Waals surface area contributed by atoms with Gasteiger partial charge in [0, 0.05) is 12.1 Å². The molecular formula is C12H24N2. The summed E-state index contributed by atoms with van der Waals surface area (Å²) in [5, 5.41) is 0. The monoisotopic (exact) mass is 196 g/mol. The second-order valence-electron chi connectivity index (χ2n) is 5.40. The normalized spacial score (nSPS) is 48.6. The average molecular weight is 196 g/mol. The van der Waals surface area contributed by atoms with Gasteiger partial charge in [0.1, 0.15) is 0 Å². The van der Waals surface area contributed by atoms with Crippen LogP contribution in [-0.2, 0) is 0 Å². The molecule has 0 amide bonds. The van der Waals surface area contributed by atoms with E-state index < -0.39 is 0 Å². The first-order valence-electron chi connectivity index (χ1n) is 6.21. The largest absolute Gasteiger partial charge is 0.328 e. The second-order valence-corrected chi connectivity index (χ2v) is 5.40. The lowest BCUT2D eigenvalue weighted by molar-refractivity contribution is 0.100. The highest BCUT2D eigenvalue weighted by Gasteiger charge is 2.37. The molecule has 0 aromatic rings. The molecule has 0 radical (unpaired) electrons. The first kappa shape index (κ1) is 10.4. The van der Waals surface area contributed by atoms with E-state index in [0.29, 0.717) is 12.1 Å². The molecule has 0 spiro atoms. The average Bonchev–Trinajstić information content (AvgIpc) is 2.17. The summed E-state index contributed by atoms with van der Waals surface area (Å²) in [6.45, 7) is 2.27. The van der Waals surface area contributed by atoms with Crippen LogP contribution in [0.5, 0.6) is 0 Å². The summed E-state index contributed by atoms with van der Waals surface area (Å²) in [5.41, 5.74) is 12.2. The van der Waals surface area contributed by atoms with Crippen molar-refractivity contribution in [3.05, 3.63) is 0 Å². The summed E-state index contributed by atoms with van der Waals surface area (Å²) in [4.78, 5) is 0. The standard InChI is InChI=1S/C12H24N2/c1-2-8-5-10-6-11(13)4-3-9(10)7-12(8)14/h8-12H,2-7,13-14H2,1H3. The lowest BCUT2D eigenvalue weighted by Gasteiger charge is -2.44. The third-order valence-corrected chi connectivity index (χ3v) is 4.49. The maximum Gasteiger partial charge on any atom is 0.00699 e. The van der Waals surface area contributed by atoms with Crippen molar-refractivity contribution >= 4 is 0 Å². The van der Waals surface area contributed by atoms with E-state index in [9.17, 15) is 0 Å². The molecule has 5 atom stereocenters. The summed E-state index contributed by atoms with van der Waals surface area (Å²) in [5.74, 6) is 2.55. The zero-order valence-corrected chi connectivity index (χ0v) is 9.28. The van der Waals surface area contributed by atoms with Gasteiger partial charge in [-0.25, -0.2) is 0 Å². The second kappa shape index (κ2) is 4.19. The van der Waals surface area contributed by atoms with E-state index in [4.69, 9.17) is 11.5 Å². The van der Waals surface area contributed by atoms with Crippen LogP contribution < -0.4 is 11.5 Å². The van der Waals surface area contributed by atoms with Gasteiger partial charge >= 0.3 is 0 Å². The zero-order valence-electron chi connectivity index (χ0n) is 9.28. The Morgan fingerprint density at radius 2 is 1.79 bits per heavy atom. The van der Waals surface area contributed by atoms with Crippen molar-refractivity contribution in [3.8, 4) is 0 Å². The Balaban J connectivity index is 1.98. The van der Waals surface area contributed by atoms with Gasteiger partial charge in [0.25, 0.3) is 0 Å². The lowest BCUT2D eigenvalue weighted by atomic mass is 9.64. The van der Waals surface area contributed by atoms with Crippen LogP contribution in [0.3, 0.4) is 0 Å². The summed E-state index contributed by atoms with van der Waals surface area (Å²) in [6.07, 6.45) is 7.67. The van der Waals surface area contributed by atoms with Gasteiger partial charge < -0.3 is 11.5 Å². The molecule has 4 N–H and O–H groups in total. The molecule has 2 rings (SSSR count). The van der Waals surface area contributed by atoms with Gasteiger partial charge in [-0.2, -0.15) is 0 Å². The number of rotatable bonds is 1. The predicted octanol–water partition coefficient (Wildman–Crippen LogP) is 1.88. The van der Waals surface area contributed by atoms with E-state index in [1.807, 2.05) is 0 Å². The molecule has 2 saturated carbocycles. The van der Waals surface area contributed by atoms with Crippen molar-refractivity contribution in [3.63, 3.8) is 0 Å². The van der Waals surface area contributed by atoms with E-state index in [1.54, 1.807) is 0 Å². The zero-order chi connectivity index (χ0) is 10.1. The maximum absolute atomic E-state index is 6.20. The molecule has 14 heavy (non-hydrogen) atoms. The minimum Gasteiger partial charge on any atom is -0.328 e. The van der Waals surface area contributed by atoms with Gasteiger partial charge in [-0.1, -0.05) is 13.3 Å². The van der Waals surface area contributed by atoms with E-state index in [2.05, 4.69) is 6.92 Å². The van der Waals surface area contributed by atoms with Gasteiger partial charge in [-0.05, 0) is 49.9 Å². The number of hydrogen-bond acceptors (Lipinski definition) is 2. The fourth-order valence-electron chi connectivity index (χ4n) is 3.54. The molecule has 2 aliphatic carbocycles. The maximum atomic E-state index is 6.20. The first-order chi connectivity index (χ1) is 6.70. The van der Waals surface area contributed by atoms with E-state index in [0.717, 1.165) is 17.8 Å². The van der Waals surface area contributed by atoms with E-state index in [1.165, 1.54) is 38.5 Å².